The first-order valence-corrected chi connectivity index (χ1v) is 3.93. The lowest BCUT2D eigenvalue weighted by Gasteiger charge is -2.30. The summed E-state index contributed by atoms with van der Waals surface area (Å²) in [5.74, 6) is 0. The minimum absolute atomic E-state index is 0.457. The number of nitrogens with one attached hydrogen (secondary N) is 1. The van der Waals surface area contributed by atoms with Gasteiger partial charge in [-0.05, 0) is 13.5 Å². The zero-order valence-electron chi connectivity index (χ0n) is 6.34. The van der Waals surface area contributed by atoms with Crippen LogP contribution in [0.2, 0.25) is 0 Å². The van der Waals surface area contributed by atoms with E-state index in [0.717, 1.165) is 13.2 Å². The van der Waals surface area contributed by atoms with E-state index in [0.29, 0.717) is 12.3 Å². The molecule has 2 aliphatic heterocycles. The molecule has 0 amide bonds. The summed E-state index contributed by atoms with van der Waals surface area (Å²) in [4.78, 5) is 2.32. The third-order valence-electron chi connectivity index (χ3n) is 2.38. The molecule has 2 saturated heterocycles. The van der Waals surface area contributed by atoms with Crippen LogP contribution in [0.3, 0.4) is 0 Å². The highest BCUT2D eigenvalue weighted by Gasteiger charge is 2.33. The molecule has 2 unspecified atom stereocenters. The Kier molecular flexibility index (Phi) is 1.64. The van der Waals surface area contributed by atoms with E-state index in [1.165, 1.54) is 13.0 Å². The van der Waals surface area contributed by atoms with Crippen molar-refractivity contribution in [2.24, 2.45) is 0 Å². The average molecular weight is 142 g/mol. The number of likely N-dealkylation sites (N-methyl/N-ethyl adjacent to an activating group) is 1. The van der Waals surface area contributed by atoms with E-state index < -0.39 is 0 Å². The largest absolute Gasteiger partial charge is 0.374 e. The van der Waals surface area contributed by atoms with Crippen LogP contribution in [0, 0.1) is 0 Å². The second kappa shape index (κ2) is 2.49. The van der Waals surface area contributed by atoms with Crippen molar-refractivity contribution in [3.8, 4) is 0 Å². The van der Waals surface area contributed by atoms with Crippen molar-refractivity contribution in [3.63, 3.8) is 0 Å². The van der Waals surface area contributed by atoms with Crippen LogP contribution >= 0.6 is 0 Å². The van der Waals surface area contributed by atoms with Gasteiger partial charge in [-0.15, -0.1) is 0 Å². The van der Waals surface area contributed by atoms with Gasteiger partial charge in [-0.2, -0.15) is 0 Å². The molecule has 0 saturated carbocycles. The van der Waals surface area contributed by atoms with Gasteiger partial charge in [0.05, 0.1) is 18.9 Å². The van der Waals surface area contributed by atoms with Crippen molar-refractivity contribution < 1.29 is 4.74 Å². The number of fused-ring (bicyclic) bond motifs is 1. The lowest BCUT2D eigenvalue weighted by Crippen LogP contribution is -2.51. The summed E-state index contributed by atoms with van der Waals surface area (Å²) in [6.07, 6.45) is 2.14. The molecule has 0 aromatic rings. The van der Waals surface area contributed by atoms with E-state index in [-0.39, 0.29) is 0 Å². The summed E-state index contributed by atoms with van der Waals surface area (Å²) < 4.78 is 5.57. The minimum Gasteiger partial charge on any atom is -0.374 e. The Balaban J connectivity index is 2.01. The van der Waals surface area contributed by atoms with E-state index in [1.807, 2.05) is 0 Å². The van der Waals surface area contributed by atoms with Crippen molar-refractivity contribution in [1.29, 1.82) is 0 Å². The second-order valence-electron chi connectivity index (χ2n) is 3.08. The van der Waals surface area contributed by atoms with E-state index in [9.17, 15) is 0 Å². The van der Waals surface area contributed by atoms with Gasteiger partial charge in [0.2, 0.25) is 0 Å². The molecule has 58 valence electrons. The lowest BCUT2D eigenvalue weighted by atomic mass is 10.2. The van der Waals surface area contributed by atoms with Gasteiger partial charge in [-0.3, -0.25) is 10.2 Å². The van der Waals surface area contributed by atoms with Gasteiger partial charge < -0.3 is 4.74 Å². The number of likely N-dealkylation sites (tertiary alicyclic amines) is 1. The number of morpholine rings is 1. The Hall–Kier alpha value is -0.120. The fourth-order valence-corrected chi connectivity index (χ4v) is 1.79. The molecule has 0 aromatic heterocycles. The number of hydrogen-bond donors (Lipinski definition) is 1. The van der Waals surface area contributed by atoms with E-state index in [2.05, 4.69) is 17.3 Å². The van der Waals surface area contributed by atoms with Gasteiger partial charge >= 0.3 is 0 Å². The fraction of sp³-hybridized carbons (Fsp3) is 1.00. The van der Waals surface area contributed by atoms with Gasteiger partial charge in [-0.25, -0.2) is 0 Å². The normalized spacial score (nSPS) is 41.7. The van der Waals surface area contributed by atoms with Gasteiger partial charge in [0.15, 0.2) is 0 Å². The summed E-state index contributed by atoms with van der Waals surface area (Å²) in [5.41, 5.74) is 0. The highest BCUT2D eigenvalue weighted by atomic mass is 16.5. The van der Waals surface area contributed by atoms with Crippen molar-refractivity contribution in [3.05, 3.63) is 0 Å². The predicted molar refractivity (Wildman–Crippen MR) is 38.8 cm³/mol. The first-order chi connectivity index (χ1) is 4.88. The minimum atomic E-state index is 0.457. The second-order valence-corrected chi connectivity index (χ2v) is 3.08. The van der Waals surface area contributed by atoms with Crippen molar-refractivity contribution >= 4 is 0 Å². The number of hydrogen-bond acceptors (Lipinski definition) is 3. The molecule has 0 spiro atoms. The van der Waals surface area contributed by atoms with E-state index >= 15 is 0 Å². The smallest absolute Gasteiger partial charge is 0.0874 e. The first kappa shape index (κ1) is 6.58. The molecule has 0 aliphatic carbocycles. The molecule has 0 bridgehead atoms. The summed E-state index contributed by atoms with van der Waals surface area (Å²) >= 11 is 0. The highest BCUT2D eigenvalue weighted by molar-refractivity contribution is 4.86. The molecule has 0 aromatic carbocycles. The maximum absolute atomic E-state index is 5.57. The molecular formula is C7H14N2O. The average Bonchev–Trinajstić information content (AvgIpc) is 2.34. The monoisotopic (exact) mass is 142 g/mol. The summed E-state index contributed by atoms with van der Waals surface area (Å²) in [6, 6.07) is 0. The molecule has 2 fully saturated rings. The van der Waals surface area contributed by atoms with Crippen molar-refractivity contribution in [2.75, 3.05) is 26.7 Å². The molecule has 1 N–H and O–H groups in total. The number of nitrogens with zero attached hydrogens (tertiary/aromatic N) is 1. The van der Waals surface area contributed by atoms with Gasteiger partial charge in [0.25, 0.3) is 0 Å². The maximum Gasteiger partial charge on any atom is 0.0874 e. The van der Waals surface area contributed by atoms with E-state index in [1.54, 1.807) is 0 Å². The predicted octanol–water partition coefficient (Wildman–Crippen LogP) is -0.364. The lowest BCUT2D eigenvalue weighted by molar-refractivity contribution is -0.0127. The molecule has 10 heavy (non-hydrogen) atoms. The van der Waals surface area contributed by atoms with Crippen LogP contribution in [-0.2, 0) is 4.74 Å². The number of rotatable bonds is 0. The molecule has 3 heteroatoms. The summed E-state index contributed by atoms with van der Waals surface area (Å²) in [7, 11) is 2.15. The van der Waals surface area contributed by atoms with Crippen LogP contribution < -0.4 is 5.32 Å². The fourth-order valence-electron chi connectivity index (χ4n) is 1.79. The Morgan fingerprint density at radius 3 is 3.30 bits per heavy atom. The molecule has 2 atom stereocenters. The maximum atomic E-state index is 5.57. The van der Waals surface area contributed by atoms with Crippen LogP contribution in [0.1, 0.15) is 6.42 Å². The zero-order valence-corrected chi connectivity index (χ0v) is 6.34. The molecule has 2 heterocycles. The summed E-state index contributed by atoms with van der Waals surface area (Å²) in [6.45, 7) is 3.06. The van der Waals surface area contributed by atoms with Gasteiger partial charge in [-0.1, -0.05) is 0 Å². The summed E-state index contributed by atoms with van der Waals surface area (Å²) in [5, 5.41) is 3.43. The van der Waals surface area contributed by atoms with E-state index in [4.69, 9.17) is 4.74 Å². The SMILES string of the molecule is CN1CCC2OCCNC21. The van der Waals surface area contributed by atoms with Crippen LogP contribution in [0.25, 0.3) is 0 Å². The van der Waals surface area contributed by atoms with Gasteiger partial charge in [0, 0.05) is 13.1 Å². The highest BCUT2D eigenvalue weighted by Crippen LogP contribution is 2.18. The quantitative estimate of drug-likeness (QED) is 0.499. The molecular weight excluding hydrogens is 128 g/mol. The van der Waals surface area contributed by atoms with Crippen LogP contribution in [0.4, 0.5) is 0 Å². The molecule has 2 rings (SSSR count). The third kappa shape index (κ3) is 0.944. The van der Waals surface area contributed by atoms with Crippen LogP contribution in [0.5, 0.6) is 0 Å². The topological polar surface area (TPSA) is 24.5 Å². The van der Waals surface area contributed by atoms with Crippen molar-refractivity contribution in [1.82, 2.24) is 10.2 Å². The standard InChI is InChI=1S/C7H14N2O/c1-9-4-2-6-7(9)8-3-5-10-6/h6-8H,2-5H2,1H3. The number of ether oxygens (including phenoxy) is 1. The Bertz CT molecular complexity index is 127. The van der Waals surface area contributed by atoms with Crippen molar-refractivity contribution in [2.45, 2.75) is 18.7 Å². The zero-order chi connectivity index (χ0) is 6.97. The molecule has 0 radical (unpaired) electrons. The Labute approximate surface area is 61.3 Å². The third-order valence-corrected chi connectivity index (χ3v) is 2.38. The Morgan fingerprint density at radius 1 is 1.60 bits per heavy atom. The Morgan fingerprint density at radius 2 is 2.50 bits per heavy atom. The first-order valence-electron chi connectivity index (χ1n) is 3.93. The van der Waals surface area contributed by atoms with Crippen LogP contribution in [0.15, 0.2) is 0 Å². The molecule has 2 aliphatic rings. The van der Waals surface area contributed by atoms with Gasteiger partial charge in [0.1, 0.15) is 0 Å². The molecule has 3 nitrogen and oxygen atoms in total. The van der Waals surface area contributed by atoms with Crippen LogP contribution in [-0.4, -0.2) is 43.9 Å².